The minimum atomic E-state index is -0.958. The van der Waals surface area contributed by atoms with Gasteiger partial charge >= 0.3 is 0 Å². The SMILES string of the molecule is COc1ccc(-c2c(C#N)nnn2CC(O)CO)cc1. The van der Waals surface area contributed by atoms with E-state index >= 15 is 0 Å². The van der Waals surface area contributed by atoms with Gasteiger partial charge in [-0.3, -0.25) is 0 Å². The van der Waals surface area contributed by atoms with Crippen molar-refractivity contribution in [1.82, 2.24) is 15.0 Å². The second kappa shape index (κ2) is 6.14. The maximum Gasteiger partial charge on any atom is 0.190 e. The molecule has 20 heavy (non-hydrogen) atoms. The largest absolute Gasteiger partial charge is 0.497 e. The van der Waals surface area contributed by atoms with E-state index in [-0.39, 0.29) is 18.8 Å². The predicted octanol–water partition coefficient (Wildman–Crippen LogP) is 0.179. The number of nitrogens with zero attached hydrogens (tertiary/aromatic N) is 4. The van der Waals surface area contributed by atoms with Gasteiger partial charge in [-0.1, -0.05) is 5.21 Å². The molecular formula is C13H14N4O3. The lowest BCUT2D eigenvalue weighted by atomic mass is 10.1. The van der Waals surface area contributed by atoms with E-state index in [9.17, 15) is 5.11 Å². The van der Waals surface area contributed by atoms with E-state index in [2.05, 4.69) is 10.3 Å². The third kappa shape index (κ3) is 2.77. The Labute approximate surface area is 115 Å². The zero-order chi connectivity index (χ0) is 14.5. The second-order valence-electron chi connectivity index (χ2n) is 4.15. The molecule has 1 aromatic carbocycles. The lowest BCUT2D eigenvalue weighted by Crippen LogP contribution is -2.21. The zero-order valence-electron chi connectivity index (χ0n) is 10.9. The van der Waals surface area contributed by atoms with E-state index in [0.717, 1.165) is 5.56 Å². The van der Waals surface area contributed by atoms with Crippen LogP contribution in [0.4, 0.5) is 0 Å². The molecule has 1 atom stereocenters. The highest BCUT2D eigenvalue weighted by Crippen LogP contribution is 2.24. The minimum absolute atomic E-state index is 0.0620. The maximum atomic E-state index is 9.51. The molecule has 0 fully saturated rings. The third-order valence-corrected chi connectivity index (χ3v) is 2.80. The van der Waals surface area contributed by atoms with Crippen LogP contribution in [0, 0.1) is 11.3 Å². The Bertz CT molecular complexity index is 616. The predicted molar refractivity (Wildman–Crippen MR) is 69.8 cm³/mol. The number of rotatable bonds is 5. The van der Waals surface area contributed by atoms with Gasteiger partial charge in [-0.25, -0.2) is 4.68 Å². The molecule has 0 aliphatic carbocycles. The Balaban J connectivity index is 2.42. The van der Waals surface area contributed by atoms with Crippen LogP contribution in [0.25, 0.3) is 11.3 Å². The van der Waals surface area contributed by atoms with Gasteiger partial charge in [-0.2, -0.15) is 5.26 Å². The van der Waals surface area contributed by atoms with E-state index in [1.165, 1.54) is 4.68 Å². The Morgan fingerprint density at radius 2 is 2.10 bits per heavy atom. The summed E-state index contributed by atoms with van der Waals surface area (Å²) in [4.78, 5) is 0. The fraction of sp³-hybridized carbons (Fsp3) is 0.308. The van der Waals surface area contributed by atoms with Crippen molar-refractivity contribution in [1.29, 1.82) is 5.26 Å². The quantitative estimate of drug-likeness (QED) is 0.806. The van der Waals surface area contributed by atoms with Gasteiger partial charge in [0.05, 0.1) is 26.4 Å². The summed E-state index contributed by atoms with van der Waals surface area (Å²) in [5, 5.41) is 35.1. The smallest absolute Gasteiger partial charge is 0.190 e. The van der Waals surface area contributed by atoms with Crippen LogP contribution in [0.1, 0.15) is 5.69 Å². The number of methoxy groups -OCH3 is 1. The van der Waals surface area contributed by atoms with Crippen molar-refractivity contribution < 1.29 is 14.9 Å². The van der Waals surface area contributed by atoms with Gasteiger partial charge in [0.1, 0.15) is 17.5 Å². The van der Waals surface area contributed by atoms with Gasteiger partial charge in [0.25, 0.3) is 0 Å². The summed E-state index contributed by atoms with van der Waals surface area (Å²) in [7, 11) is 1.57. The zero-order valence-corrected chi connectivity index (χ0v) is 10.9. The van der Waals surface area contributed by atoms with E-state index in [1.807, 2.05) is 6.07 Å². The summed E-state index contributed by atoms with van der Waals surface area (Å²) < 4.78 is 6.48. The fourth-order valence-corrected chi connectivity index (χ4v) is 1.81. The van der Waals surface area contributed by atoms with Gasteiger partial charge in [0, 0.05) is 5.56 Å². The molecule has 0 spiro atoms. The highest BCUT2D eigenvalue weighted by molar-refractivity contribution is 5.65. The first-order valence-electron chi connectivity index (χ1n) is 5.96. The highest BCUT2D eigenvalue weighted by atomic mass is 16.5. The van der Waals surface area contributed by atoms with Gasteiger partial charge in [0.15, 0.2) is 5.69 Å². The monoisotopic (exact) mass is 274 g/mol. The van der Waals surface area contributed by atoms with Crippen molar-refractivity contribution in [3.8, 4) is 23.1 Å². The normalized spacial score (nSPS) is 11.9. The molecule has 1 heterocycles. The van der Waals surface area contributed by atoms with Crippen molar-refractivity contribution in [3.05, 3.63) is 30.0 Å². The Morgan fingerprint density at radius 1 is 1.40 bits per heavy atom. The van der Waals surface area contributed by atoms with Gasteiger partial charge in [-0.05, 0) is 24.3 Å². The maximum absolute atomic E-state index is 9.51. The van der Waals surface area contributed by atoms with Crippen LogP contribution in [-0.4, -0.2) is 45.0 Å². The van der Waals surface area contributed by atoms with Crippen LogP contribution in [0.3, 0.4) is 0 Å². The van der Waals surface area contributed by atoms with E-state index in [1.54, 1.807) is 31.4 Å². The molecule has 0 amide bonds. The third-order valence-electron chi connectivity index (χ3n) is 2.80. The minimum Gasteiger partial charge on any atom is -0.497 e. The van der Waals surface area contributed by atoms with Crippen molar-refractivity contribution in [3.63, 3.8) is 0 Å². The number of benzene rings is 1. The molecule has 0 aliphatic rings. The fourth-order valence-electron chi connectivity index (χ4n) is 1.81. The number of hydrogen-bond acceptors (Lipinski definition) is 6. The topological polar surface area (TPSA) is 104 Å². The number of nitriles is 1. The molecule has 0 saturated carbocycles. The van der Waals surface area contributed by atoms with Crippen LogP contribution < -0.4 is 4.74 Å². The first-order valence-corrected chi connectivity index (χ1v) is 5.96. The second-order valence-corrected chi connectivity index (χ2v) is 4.15. The molecule has 1 unspecified atom stereocenters. The van der Waals surface area contributed by atoms with Crippen LogP contribution >= 0.6 is 0 Å². The standard InChI is InChI=1S/C13H14N4O3/c1-20-11-4-2-9(3-5-11)13-12(6-14)15-16-17(13)7-10(19)8-18/h2-5,10,18-19H,7-8H2,1H3. The van der Waals surface area contributed by atoms with Crippen molar-refractivity contribution in [2.24, 2.45) is 0 Å². The number of hydrogen-bond donors (Lipinski definition) is 2. The Kier molecular flexibility index (Phi) is 4.30. The molecule has 0 bridgehead atoms. The van der Waals surface area contributed by atoms with Crippen molar-refractivity contribution in [2.75, 3.05) is 13.7 Å². The average Bonchev–Trinajstić information content (AvgIpc) is 2.89. The summed E-state index contributed by atoms with van der Waals surface area (Å²) in [6, 6.07) is 9.04. The van der Waals surface area contributed by atoms with Crippen molar-refractivity contribution >= 4 is 0 Å². The number of ether oxygens (including phenoxy) is 1. The first-order chi connectivity index (χ1) is 9.69. The first kappa shape index (κ1) is 14.0. The molecule has 7 nitrogen and oxygen atoms in total. The summed E-state index contributed by atoms with van der Waals surface area (Å²) in [5.41, 5.74) is 1.40. The van der Waals surface area contributed by atoms with E-state index in [0.29, 0.717) is 11.4 Å². The molecule has 2 aromatic rings. The molecule has 7 heteroatoms. The molecule has 1 aromatic heterocycles. The molecular weight excluding hydrogens is 260 g/mol. The summed E-state index contributed by atoms with van der Waals surface area (Å²) in [6.45, 7) is -0.323. The Morgan fingerprint density at radius 3 is 2.65 bits per heavy atom. The molecule has 2 N–H and O–H groups in total. The summed E-state index contributed by atoms with van der Waals surface area (Å²) >= 11 is 0. The van der Waals surface area contributed by atoms with Crippen LogP contribution in [0.2, 0.25) is 0 Å². The number of aliphatic hydroxyl groups excluding tert-OH is 2. The molecule has 2 rings (SSSR count). The lowest BCUT2D eigenvalue weighted by Gasteiger charge is -2.10. The molecule has 0 radical (unpaired) electrons. The summed E-state index contributed by atoms with van der Waals surface area (Å²) in [5.74, 6) is 0.696. The Hall–Kier alpha value is -2.43. The van der Waals surface area contributed by atoms with Crippen LogP contribution in [0.15, 0.2) is 24.3 Å². The number of aromatic nitrogens is 3. The average molecular weight is 274 g/mol. The molecule has 104 valence electrons. The van der Waals surface area contributed by atoms with Crippen LogP contribution in [-0.2, 0) is 6.54 Å². The lowest BCUT2D eigenvalue weighted by molar-refractivity contribution is 0.0782. The van der Waals surface area contributed by atoms with Crippen LogP contribution in [0.5, 0.6) is 5.75 Å². The summed E-state index contributed by atoms with van der Waals surface area (Å²) in [6.07, 6.45) is -0.958. The van der Waals surface area contributed by atoms with Gasteiger partial charge in [0.2, 0.25) is 0 Å². The number of aliphatic hydroxyl groups is 2. The van der Waals surface area contributed by atoms with Gasteiger partial charge < -0.3 is 14.9 Å². The van der Waals surface area contributed by atoms with E-state index < -0.39 is 6.10 Å². The molecule has 0 aliphatic heterocycles. The highest BCUT2D eigenvalue weighted by Gasteiger charge is 2.17. The van der Waals surface area contributed by atoms with Gasteiger partial charge in [-0.15, -0.1) is 5.10 Å². The van der Waals surface area contributed by atoms with Crippen molar-refractivity contribution in [2.45, 2.75) is 12.6 Å². The molecule has 0 saturated heterocycles. The van der Waals surface area contributed by atoms with E-state index in [4.69, 9.17) is 15.1 Å².